The van der Waals surface area contributed by atoms with Crippen molar-refractivity contribution in [2.75, 3.05) is 15.1 Å². The summed E-state index contributed by atoms with van der Waals surface area (Å²) in [5, 5.41) is 14.9. The summed E-state index contributed by atoms with van der Waals surface area (Å²) in [4.78, 5) is 53.1. The molecule has 9 rings (SSSR count). The standard InChI is InChI=1S/C45H30Cl2F5N3O6/c46-44-20-30-27(17-18-29-32(30)41(58)54(40(29)57)25-13-11-24(12-14-25)53-23-9-5-2-6-10-23)33(28-16-15-26(19-31(28)56)61-21-22-7-3-1-4-8-22)45(44,47)43(60)55(42(44)59)39-37(51)35(49)34(48)36(50)38(39)52/h1-17,19,29-30,32-33,53,56H,18,20-21H2. The highest BCUT2D eigenvalue weighted by Crippen LogP contribution is 2.67. The molecule has 6 unspecified atom stereocenters. The van der Waals surface area contributed by atoms with E-state index >= 15 is 8.78 Å². The van der Waals surface area contributed by atoms with Crippen molar-refractivity contribution in [2.45, 2.75) is 35.1 Å². The highest BCUT2D eigenvalue weighted by Gasteiger charge is 2.77. The molecule has 5 aromatic carbocycles. The molecular weight excluding hydrogens is 844 g/mol. The maximum Gasteiger partial charge on any atom is 0.258 e. The van der Waals surface area contributed by atoms with Gasteiger partial charge in [0, 0.05) is 28.9 Å². The number of hydrogen-bond donors (Lipinski definition) is 2. The molecule has 2 saturated heterocycles. The van der Waals surface area contributed by atoms with Crippen molar-refractivity contribution in [3.05, 3.63) is 155 Å². The topological polar surface area (TPSA) is 116 Å². The Morgan fingerprint density at radius 1 is 0.705 bits per heavy atom. The minimum Gasteiger partial charge on any atom is -0.508 e. The van der Waals surface area contributed by atoms with Gasteiger partial charge in [0.05, 0.1) is 17.5 Å². The van der Waals surface area contributed by atoms with Gasteiger partial charge in [0.15, 0.2) is 33.0 Å². The van der Waals surface area contributed by atoms with E-state index < -0.39 is 104 Å². The molecular formula is C45H30Cl2F5N3O6. The molecule has 2 N–H and O–H groups in total. The molecule has 6 atom stereocenters. The SMILES string of the molecule is O=C1C2CC=C3C(CC4(Cl)C(=O)N(c5c(F)c(F)c(F)c(F)c5F)C(=O)C4(Cl)C3c3ccc(OCc4ccccc4)cc3O)C2C(=O)N1c1ccc(Nc2ccccc2)cc1. The Hall–Kier alpha value is -6.25. The van der Waals surface area contributed by atoms with Crippen LogP contribution in [0.3, 0.4) is 0 Å². The second-order valence-corrected chi connectivity index (χ2v) is 16.5. The molecule has 0 spiro atoms. The Bertz CT molecular complexity index is 2680. The Labute approximate surface area is 353 Å². The molecule has 2 heterocycles. The highest BCUT2D eigenvalue weighted by atomic mass is 35.5. The van der Waals surface area contributed by atoms with Gasteiger partial charge in [-0.3, -0.25) is 24.1 Å². The van der Waals surface area contributed by atoms with Crippen molar-refractivity contribution in [3.63, 3.8) is 0 Å². The number of anilines is 4. The van der Waals surface area contributed by atoms with Crippen LogP contribution in [-0.4, -0.2) is 38.5 Å². The maximum atomic E-state index is 15.4. The van der Waals surface area contributed by atoms with Crippen LogP contribution in [0.25, 0.3) is 0 Å². The van der Waals surface area contributed by atoms with Crippen molar-refractivity contribution in [1.82, 2.24) is 0 Å². The minimum absolute atomic E-state index is 0.0769. The number of carbonyl (C=O) groups excluding carboxylic acids is 4. The molecule has 310 valence electrons. The Balaban J connectivity index is 1.13. The summed E-state index contributed by atoms with van der Waals surface area (Å²) in [6.45, 7) is 0.0896. The fourth-order valence-electron chi connectivity index (χ4n) is 9.15. The number of phenolic OH excluding ortho intramolecular Hbond substituents is 1. The lowest BCUT2D eigenvalue weighted by atomic mass is 9.56. The third-order valence-corrected chi connectivity index (χ3v) is 13.4. The summed E-state index contributed by atoms with van der Waals surface area (Å²) in [6.07, 6.45) is 0.785. The van der Waals surface area contributed by atoms with Crippen LogP contribution < -0.4 is 19.9 Å². The molecule has 2 aliphatic carbocycles. The van der Waals surface area contributed by atoms with Gasteiger partial charge in [0.25, 0.3) is 11.8 Å². The molecule has 4 amide bonds. The number of alkyl halides is 2. The summed E-state index contributed by atoms with van der Waals surface area (Å²) in [5.41, 5.74) is 0.632. The van der Waals surface area contributed by atoms with E-state index in [4.69, 9.17) is 27.9 Å². The maximum absolute atomic E-state index is 15.4. The lowest BCUT2D eigenvalue weighted by Crippen LogP contribution is -2.60. The number of imide groups is 2. The van der Waals surface area contributed by atoms with E-state index in [1.165, 1.54) is 18.2 Å². The van der Waals surface area contributed by atoms with Crippen molar-refractivity contribution < 1.29 is 51.0 Å². The number of hydrogen-bond acceptors (Lipinski definition) is 7. The van der Waals surface area contributed by atoms with Crippen molar-refractivity contribution in [3.8, 4) is 11.5 Å². The molecule has 9 nitrogen and oxygen atoms in total. The average molecular weight is 875 g/mol. The van der Waals surface area contributed by atoms with E-state index in [0.717, 1.165) is 16.2 Å². The van der Waals surface area contributed by atoms with Gasteiger partial charge in [-0.15, -0.1) is 23.2 Å². The van der Waals surface area contributed by atoms with Crippen LogP contribution >= 0.6 is 23.2 Å². The lowest BCUT2D eigenvalue weighted by molar-refractivity contribution is -0.125. The average Bonchev–Trinajstić information content (AvgIpc) is 3.60. The van der Waals surface area contributed by atoms with E-state index in [1.54, 1.807) is 42.5 Å². The Morgan fingerprint density at radius 3 is 1.95 bits per heavy atom. The van der Waals surface area contributed by atoms with Crippen molar-refractivity contribution in [2.24, 2.45) is 17.8 Å². The summed E-state index contributed by atoms with van der Waals surface area (Å²) in [7, 11) is 0. The Morgan fingerprint density at radius 2 is 1.31 bits per heavy atom. The Kier molecular flexibility index (Phi) is 9.70. The molecule has 0 radical (unpaired) electrons. The summed E-state index contributed by atoms with van der Waals surface area (Å²) < 4.78 is 80.2. The number of amides is 4. The third-order valence-electron chi connectivity index (χ3n) is 12.0. The quantitative estimate of drug-likeness (QED) is 0.0399. The van der Waals surface area contributed by atoms with Crippen LogP contribution in [0.2, 0.25) is 0 Å². The first kappa shape index (κ1) is 40.2. The zero-order chi connectivity index (χ0) is 43.1. The molecule has 3 fully saturated rings. The minimum atomic E-state index is -2.81. The van der Waals surface area contributed by atoms with Crippen LogP contribution in [0, 0.1) is 46.8 Å². The van der Waals surface area contributed by atoms with Gasteiger partial charge in [0.2, 0.25) is 17.6 Å². The first-order valence-corrected chi connectivity index (χ1v) is 19.7. The number of halogens is 7. The number of phenols is 1. The van der Waals surface area contributed by atoms with Gasteiger partial charge in [0.1, 0.15) is 23.8 Å². The van der Waals surface area contributed by atoms with Crippen LogP contribution in [0.1, 0.15) is 29.9 Å². The number of nitrogens with zero attached hydrogens (tertiary/aromatic N) is 2. The first-order valence-electron chi connectivity index (χ1n) is 18.9. The van der Waals surface area contributed by atoms with Gasteiger partial charge in [-0.1, -0.05) is 66.2 Å². The van der Waals surface area contributed by atoms with Gasteiger partial charge in [-0.05, 0) is 66.8 Å². The van der Waals surface area contributed by atoms with Crippen molar-refractivity contribution >= 4 is 69.6 Å². The van der Waals surface area contributed by atoms with E-state index in [0.29, 0.717) is 5.69 Å². The number of rotatable bonds is 8. The number of benzene rings is 5. The first-order chi connectivity index (χ1) is 29.2. The molecule has 4 aliphatic rings. The summed E-state index contributed by atoms with van der Waals surface area (Å²) in [5.74, 6) is -22.4. The number of allylic oxidation sites excluding steroid dienone is 2. The van der Waals surface area contributed by atoms with Crippen LogP contribution in [0.4, 0.5) is 44.7 Å². The van der Waals surface area contributed by atoms with E-state index in [1.807, 2.05) is 48.5 Å². The van der Waals surface area contributed by atoms with E-state index in [2.05, 4.69) is 5.32 Å². The van der Waals surface area contributed by atoms with Crippen LogP contribution in [0.15, 0.2) is 115 Å². The van der Waals surface area contributed by atoms with E-state index in [9.17, 15) is 37.5 Å². The number of carbonyl (C=O) groups is 4. The summed E-state index contributed by atoms with van der Waals surface area (Å²) in [6, 6.07) is 28.8. The molecule has 1 saturated carbocycles. The molecule has 2 aliphatic heterocycles. The molecule has 5 aromatic rings. The smallest absolute Gasteiger partial charge is 0.258 e. The fourth-order valence-corrected chi connectivity index (χ4v) is 10.1. The monoisotopic (exact) mass is 873 g/mol. The second kappa shape index (κ2) is 14.7. The third kappa shape index (κ3) is 6.01. The summed E-state index contributed by atoms with van der Waals surface area (Å²) >= 11 is 14.5. The zero-order valence-electron chi connectivity index (χ0n) is 31.4. The number of para-hydroxylation sites is 1. The molecule has 61 heavy (non-hydrogen) atoms. The zero-order valence-corrected chi connectivity index (χ0v) is 32.9. The largest absolute Gasteiger partial charge is 0.508 e. The molecule has 16 heteroatoms. The van der Waals surface area contributed by atoms with Gasteiger partial charge in [-0.2, -0.15) is 0 Å². The number of aromatic hydroxyl groups is 1. The van der Waals surface area contributed by atoms with Crippen LogP contribution in [-0.2, 0) is 25.8 Å². The number of ether oxygens (including phenoxy) is 1. The predicted molar refractivity (Wildman–Crippen MR) is 214 cm³/mol. The lowest BCUT2D eigenvalue weighted by Gasteiger charge is -2.50. The predicted octanol–water partition coefficient (Wildman–Crippen LogP) is 9.18. The molecule has 0 bridgehead atoms. The number of fused-ring (bicyclic) bond motifs is 4. The number of nitrogens with one attached hydrogen (secondary N) is 1. The van der Waals surface area contributed by atoms with Gasteiger partial charge < -0.3 is 15.2 Å². The van der Waals surface area contributed by atoms with Gasteiger partial charge in [-0.25, -0.2) is 26.9 Å². The van der Waals surface area contributed by atoms with E-state index in [-0.39, 0.29) is 40.5 Å². The van der Waals surface area contributed by atoms with Crippen LogP contribution in [0.5, 0.6) is 11.5 Å². The highest BCUT2D eigenvalue weighted by molar-refractivity contribution is 6.58. The van der Waals surface area contributed by atoms with Gasteiger partial charge >= 0.3 is 0 Å². The van der Waals surface area contributed by atoms with Crippen molar-refractivity contribution in [1.29, 1.82) is 0 Å². The molecule has 0 aromatic heterocycles. The second-order valence-electron chi connectivity index (χ2n) is 15.2. The normalized spacial score (nSPS) is 25.6. The fraction of sp³-hybridized carbons (Fsp3) is 0.200.